The zero-order chi connectivity index (χ0) is 14.8. The van der Waals surface area contributed by atoms with Crippen molar-refractivity contribution in [3.05, 3.63) is 30.1 Å². The first-order valence-corrected chi connectivity index (χ1v) is 8.36. The second-order valence-corrected chi connectivity index (χ2v) is 7.25. The Balaban J connectivity index is 2.30. The van der Waals surface area contributed by atoms with Crippen LogP contribution in [0.1, 0.15) is 26.7 Å². The normalized spacial score (nSPS) is 19.9. The third-order valence-corrected chi connectivity index (χ3v) is 5.64. The Bertz CT molecular complexity index is 554. The third-order valence-electron chi connectivity index (χ3n) is 3.56. The van der Waals surface area contributed by atoms with Gasteiger partial charge in [0.15, 0.2) is 0 Å². The Labute approximate surface area is 120 Å². The van der Waals surface area contributed by atoms with Crippen molar-refractivity contribution in [2.45, 2.75) is 43.7 Å². The van der Waals surface area contributed by atoms with Crippen molar-refractivity contribution in [1.82, 2.24) is 9.62 Å². The summed E-state index contributed by atoms with van der Waals surface area (Å²) in [7, 11) is -3.80. The van der Waals surface area contributed by atoms with E-state index in [4.69, 9.17) is 0 Å². The summed E-state index contributed by atoms with van der Waals surface area (Å²) < 4.78 is 40.5. The van der Waals surface area contributed by atoms with Crippen LogP contribution in [0.2, 0.25) is 0 Å². The molecule has 1 aromatic rings. The van der Waals surface area contributed by atoms with Crippen molar-refractivity contribution < 1.29 is 12.8 Å². The van der Waals surface area contributed by atoms with Crippen molar-refractivity contribution in [2.24, 2.45) is 0 Å². The van der Waals surface area contributed by atoms with E-state index in [0.717, 1.165) is 19.4 Å². The SMILES string of the molecule is CC(C)N(CC1CCCN1)S(=O)(=O)c1ccccc1F. The van der Waals surface area contributed by atoms with Gasteiger partial charge in [-0.1, -0.05) is 12.1 Å². The molecule has 1 aromatic carbocycles. The van der Waals surface area contributed by atoms with Crippen molar-refractivity contribution in [2.75, 3.05) is 13.1 Å². The van der Waals surface area contributed by atoms with E-state index in [9.17, 15) is 12.8 Å². The number of hydrogen-bond acceptors (Lipinski definition) is 3. The average Bonchev–Trinajstić information content (AvgIpc) is 2.88. The predicted molar refractivity (Wildman–Crippen MR) is 76.5 cm³/mol. The molecule has 0 radical (unpaired) electrons. The largest absolute Gasteiger partial charge is 0.313 e. The maximum Gasteiger partial charge on any atom is 0.246 e. The Hall–Kier alpha value is -0.980. The van der Waals surface area contributed by atoms with Crippen LogP contribution in [0, 0.1) is 5.82 Å². The molecule has 112 valence electrons. The highest BCUT2D eigenvalue weighted by molar-refractivity contribution is 7.89. The fourth-order valence-electron chi connectivity index (χ4n) is 2.50. The summed E-state index contributed by atoms with van der Waals surface area (Å²) in [6.07, 6.45) is 2.01. The van der Waals surface area contributed by atoms with Crippen molar-refractivity contribution in [1.29, 1.82) is 0 Å². The number of sulfonamides is 1. The van der Waals surface area contributed by atoms with E-state index in [1.807, 2.05) is 13.8 Å². The Morgan fingerprint density at radius 2 is 2.10 bits per heavy atom. The smallest absolute Gasteiger partial charge is 0.246 e. The molecule has 1 aliphatic rings. The van der Waals surface area contributed by atoms with Crippen LogP contribution in [0.3, 0.4) is 0 Å². The first-order valence-electron chi connectivity index (χ1n) is 6.92. The molecule has 20 heavy (non-hydrogen) atoms. The van der Waals surface area contributed by atoms with Gasteiger partial charge in [0.2, 0.25) is 10.0 Å². The lowest BCUT2D eigenvalue weighted by Crippen LogP contribution is -2.44. The van der Waals surface area contributed by atoms with E-state index in [-0.39, 0.29) is 17.0 Å². The van der Waals surface area contributed by atoms with E-state index < -0.39 is 15.8 Å². The molecule has 4 nitrogen and oxygen atoms in total. The molecular weight excluding hydrogens is 279 g/mol. The summed E-state index contributed by atoms with van der Waals surface area (Å²) in [6.45, 7) is 4.92. The molecule has 0 aliphatic carbocycles. The van der Waals surface area contributed by atoms with E-state index >= 15 is 0 Å². The van der Waals surface area contributed by atoms with Crippen LogP contribution < -0.4 is 5.32 Å². The lowest BCUT2D eigenvalue weighted by atomic mass is 10.2. The molecule has 0 spiro atoms. The van der Waals surface area contributed by atoms with Crippen LogP contribution in [-0.2, 0) is 10.0 Å². The lowest BCUT2D eigenvalue weighted by molar-refractivity contribution is 0.321. The quantitative estimate of drug-likeness (QED) is 0.904. The number of nitrogens with one attached hydrogen (secondary N) is 1. The van der Waals surface area contributed by atoms with E-state index in [2.05, 4.69) is 5.32 Å². The fourth-order valence-corrected chi connectivity index (χ4v) is 4.25. The lowest BCUT2D eigenvalue weighted by Gasteiger charge is -2.28. The summed E-state index contributed by atoms with van der Waals surface area (Å²) in [5.74, 6) is -0.697. The average molecular weight is 300 g/mol. The van der Waals surface area contributed by atoms with Gasteiger partial charge in [0.05, 0.1) is 0 Å². The second-order valence-electron chi connectivity index (χ2n) is 5.39. The number of halogens is 1. The maximum atomic E-state index is 13.8. The highest BCUT2D eigenvalue weighted by Gasteiger charge is 2.32. The van der Waals surface area contributed by atoms with Crippen molar-refractivity contribution in [3.8, 4) is 0 Å². The fraction of sp³-hybridized carbons (Fsp3) is 0.571. The molecule has 6 heteroatoms. The van der Waals surface area contributed by atoms with Gasteiger partial charge in [-0.3, -0.25) is 0 Å². The molecule has 1 unspecified atom stereocenters. The highest BCUT2D eigenvalue weighted by Crippen LogP contribution is 2.22. The van der Waals surface area contributed by atoms with Crippen molar-refractivity contribution in [3.63, 3.8) is 0 Å². The van der Waals surface area contributed by atoms with E-state index in [1.165, 1.54) is 22.5 Å². The van der Waals surface area contributed by atoms with Crippen LogP contribution in [0.5, 0.6) is 0 Å². The van der Waals surface area contributed by atoms with Gasteiger partial charge in [-0.05, 0) is 45.4 Å². The molecule has 1 atom stereocenters. The van der Waals surface area contributed by atoms with Crippen LogP contribution in [0.25, 0.3) is 0 Å². The molecule has 0 aromatic heterocycles. The molecule has 1 N–H and O–H groups in total. The molecule has 0 bridgehead atoms. The standard InChI is InChI=1S/C14H21FN2O2S/c1-11(2)17(10-12-6-5-9-16-12)20(18,19)14-8-4-3-7-13(14)15/h3-4,7-8,11-12,16H,5-6,9-10H2,1-2H3. The Kier molecular flexibility index (Phi) is 4.78. The predicted octanol–water partition coefficient (Wildman–Crippen LogP) is 1.98. The number of nitrogens with zero attached hydrogens (tertiary/aromatic N) is 1. The molecule has 1 aliphatic heterocycles. The van der Waals surface area contributed by atoms with E-state index in [1.54, 1.807) is 6.07 Å². The summed E-state index contributed by atoms with van der Waals surface area (Å²) in [5, 5.41) is 3.28. The number of hydrogen-bond donors (Lipinski definition) is 1. The summed E-state index contributed by atoms with van der Waals surface area (Å²) in [5.41, 5.74) is 0. The minimum Gasteiger partial charge on any atom is -0.313 e. The Morgan fingerprint density at radius 3 is 2.65 bits per heavy atom. The molecule has 0 amide bonds. The van der Waals surface area contributed by atoms with Crippen LogP contribution in [-0.4, -0.2) is 37.9 Å². The summed E-state index contributed by atoms with van der Waals surface area (Å²) in [6, 6.07) is 5.48. The third kappa shape index (κ3) is 3.19. The monoisotopic (exact) mass is 300 g/mol. The van der Waals surface area contributed by atoms with Crippen LogP contribution in [0.4, 0.5) is 4.39 Å². The van der Waals surface area contributed by atoms with Gasteiger partial charge in [-0.25, -0.2) is 12.8 Å². The van der Waals surface area contributed by atoms with Crippen LogP contribution >= 0.6 is 0 Å². The zero-order valence-electron chi connectivity index (χ0n) is 11.8. The molecule has 0 saturated carbocycles. The van der Waals surface area contributed by atoms with Gasteiger partial charge in [-0.15, -0.1) is 0 Å². The van der Waals surface area contributed by atoms with Gasteiger partial charge in [0.1, 0.15) is 10.7 Å². The summed E-state index contributed by atoms with van der Waals surface area (Å²) >= 11 is 0. The number of benzene rings is 1. The van der Waals surface area contributed by atoms with Gasteiger partial charge in [0, 0.05) is 18.6 Å². The molecule has 1 heterocycles. The maximum absolute atomic E-state index is 13.8. The molecular formula is C14H21FN2O2S. The topological polar surface area (TPSA) is 49.4 Å². The first kappa shape index (κ1) is 15.4. The van der Waals surface area contributed by atoms with Gasteiger partial charge in [-0.2, -0.15) is 4.31 Å². The Morgan fingerprint density at radius 1 is 1.40 bits per heavy atom. The molecule has 2 rings (SSSR count). The highest BCUT2D eigenvalue weighted by atomic mass is 32.2. The van der Waals surface area contributed by atoms with Gasteiger partial charge >= 0.3 is 0 Å². The second kappa shape index (κ2) is 6.20. The van der Waals surface area contributed by atoms with E-state index in [0.29, 0.717) is 6.54 Å². The zero-order valence-corrected chi connectivity index (χ0v) is 12.7. The first-order chi connectivity index (χ1) is 9.43. The molecule has 1 fully saturated rings. The number of rotatable bonds is 5. The summed E-state index contributed by atoms with van der Waals surface area (Å²) in [4.78, 5) is -0.244. The van der Waals surface area contributed by atoms with Gasteiger partial charge < -0.3 is 5.32 Å². The van der Waals surface area contributed by atoms with Gasteiger partial charge in [0.25, 0.3) is 0 Å². The minimum absolute atomic E-state index is 0.152. The minimum atomic E-state index is -3.80. The van der Waals surface area contributed by atoms with Crippen LogP contribution in [0.15, 0.2) is 29.2 Å². The van der Waals surface area contributed by atoms with Crippen molar-refractivity contribution >= 4 is 10.0 Å². The molecule has 1 saturated heterocycles.